The molecule has 0 saturated heterocycles. The zero-order valence-corrected chi connectivity index (χ0v) is 16.2. The molecule has 0 radical (unpaired) electrons. The fourth-order valence-corrected chi connectivity index (χ4v) is 3.85. The van der Waals surface area contributed by atoms with Crippen molar-refractivity contribution < 1.29 is 57.5 Å². The zero-order chi connectivity index (χ0) is 23.7. The zero-order valence-electron chi connectivity index (χ0n) is 15.3. The fraction of sp³-hybridized carbons (Fsp3) is 0.294. The Bertz CT molecular complexity index is 924. The minimum Gasteiger partial charge on any atom is -0.304 e. The van der Waals surface area contributed by atoms with Gasteiger partial charge in [0.1, 0.15) is 0 Å². The normalized spacial score (nSPS) is 12.0. The molecule has 0 heterocycles. The number of benzene rings is 2. The van der Waals surface area contributed by atoms with Crippen LogP contribution in [0.4, 0.5) is 43.9 Å². The Labute approximate surface area is 168 Å². The Morgan fingerprint density at radius 1 is 0.548 bits per heavy atom. The molecule has 0 saturated carbocycles. The summed E-state index contributed by atoms with van der Waals surface area (Å²) in [6, 6.07) is 0. The lowest BCUT2D eigenvalue weighted by Gasteiger charge is -2.19. The van der Waals surface area contributed by atoms with Crippen LogP contribution in [0.3, 0.4) is 0 Å². The van der Waals surface area contributed by atoms with Crippen molar-refractivity contribution in [2.45, 2.75) is 26.6 Å². The van der Waals surface area contributed by atoms with Gasteiger partial charge in [-0.25, -0.2) is 43.9 Å². The quantitative estimate of drug-likeness (QED) is 0.188. The van der Waals surface area contributed by atoms with Crippen molar-refractivity contribution in [1.82, 2.24) is 0 Å². The van der Waals surface area contributed by atoms with Gasteiger partial charge in [0.2, 0.25) is 11.6 Å². The Morgan fingerprint density at radius 3 is 1.06 bits per heavy atom. The van der Waals surface area contributed by atoms with Gasteiger partial charge >= 0.3 is 7.60 Å². The molecule has 2 aromatic carbocycles. The molecule has 0 aliphatic rings. The van der Waals surface area contributed by atoms with Gasteiger partial charge in [0.05, 0.1) is 24.3 Å². The van der Waals surface area contributed by atoms with E-state index < -0.39 is 96.3 Å². The van der Waals surface area contributed by atoms with E-state index in [0.717, 1.165) is 0 Å². The number of rotatable bonds is 8. The van der Waals surface area contributed by atoms with Gasteiger partial charge in [-0.1, -0.05) is 6.92 Å². The number of halogens is 10. The largest absolute Gasteiger partial charge is 0.331 e. The highest BCUT2D eigenvalue weighted by molar-refractivity contribution is 7.53. The molecule has 0 spiro atoms. The molecule has 2 aromatic rings. The van der Waals surface area contributed by atoms with Crippen LogP contribution >= 0.6 is 7.60 Å². The highest BCUT2D eigenvalue weighted by atomic mass is 31.2. The Balaban J connectivity index is 2.31. The Morgan fingerprint density at radius 2 is 0.806 bits per heavy atom. The summed E-state index contributed by atoms with van der Waals surface area (Å²) in [4.78, 5) is 0. The fourth-order valence-electron chi connectivity index (χ4n) is 2.32. The lowest BCUT2D eigenvalue weighted by molar-refractivity contribution is 0.180. The van der Waals surface area contributed by atoms with Crippen LogP contribution < -0.4 is 0 Å². The first kappa shape index (κ1) is 25.2. The third-order valence-corrected chi connectivity index (χ3v) is 5.95. The van der Waals surface area contributed by atoms with Crippen LogP contribution in [0.15, 0.2) is 0 Å². The van der Waals surface area contributed by atoms with Gasteiger partial charge in [-0.2, -0.15) is 0 Å². The molecule has 0 amide bonds. The summed E-state index contributed by atoms with van der Waals surface area (Å²) in [6.45, 7) is -1.56. The van der Waals surface area contributed by atoms with Gasteiger partial charge in [0.15, 0.2) is 46.5 Å². The molecule has 0 unspecified atom stereocenters. The van der Waals surface area contributed by atoms with E-state index in [1.165, 1.54) is 6.92 Å². The predicted molar refractivity (Wildman–Crippen MR) is 84.8 cm³/mol. The second-order valence-corrected chi connectivity index (χ2v) is 8.16. The maximum absolute atomic E-state index is 13.7. The molecule has 2 rings (SSSR count). The summed E-state index contributed by atoms with van der Waals surface area (Å²) >= 11 is 0. The molecular weight excluding hydrogens is 473 g/mol. The molecule has 0 atom stereocenters. The standard InChI is InChI=1S/C17H11F10O3P/c1-2-3-31(28,29-4-6-8(18)12(22)16(26)13(23)9(6)19)30-5-7-10(20)14(24)17(27)15(25)11(7)21/h2-5H2,1H3. The van der Waals surface area contributed by atoms with Crippen molar-refractivity contribution in [2.24, 2.45) is 0 Å². The second kappa shape index (κ2) is 9.58. The molecule has 0 aromatic heterocycles. The van der Waals surface area contributed by atoms with Crippen molar-refractivity contribution in [1.29, 1.82) is 0 Å². The summed E-state index contributed by atoms with van der Waals surface area (Å²) < 4.78 is 156. The van der Waals surface area contributed by atoms with Crippen molar-refractivity contribution in [3.05, 3.63) is 69.3 Å². The van der Waals surface area contributed by atoms with Crippen LogP contribution in [0, 0.1) is 58.2 Å². The van der Waals surface area contributed by atoms with E-state index >= 15 is 0 Å². The highest BCUT2D eigenvalue weighted by Crippen LogP contribution is 2.51. The van der Waals surface area contributed by atoms with Crippen LogP contribution in [0.5, 0.6) is 0 Å². The third kappa shape index (κ3) is 4.88. The van der Waals surface area contributed by atoms with Crippen LogP contribution in [-0.2, 0) is 26.8 Å². The van der Waals surface area contributed by atoms with Crippen LogP contribution in [0.1, 0.15) is 24.5 Å². The SMILES string of the molecule is CCCP(=O)(OCc1c(F)c(F)c(F)c(F)c1F)OCc1c(F)c(F)c(F)c(F)c1F. The topological polar surface area (TPSA) is 35.5 Å². The maximum atomic E-state index is 13.7. The molecule has 31 heavy (non-hydrogen) atoms. The third-order valence-electron chi connectivity index (χ3n) is 3.91. The maximum Gasteiger partial charge on any atom is 0.331 e. The Kier molecular flexibility index (Phi) is 7.77. The average molecular weight is 484 g/mol. The van der Waals surface area contributed by atoms with Gasteiger partial charge in [0, 0.05) is 6.16 Å². The van der Waals surface area contributed by atoms with E-state index in [2.05, 4.69) is 9.05 Å². The second-order valence-electron chi connectivity index (χ2n) is 5.98. The molecule has 172 valence electrons. The first-order valence-electron chi connectivity index (χ1n) is 8.25. The molecular formula is C17H11F10O3P. The van der Waals surface area contributed by atoms with Gasteiger partial charge < -0.3 is 9.05 Å². The van der Waals surface area contributed by atoms with Crippen LogP contribution in [0.2, 0.25) is 0 Å². The minimum absolute atomic E-state index is 0.0362. The van der Waals surface area contributed by atoms with Crippen molar-refractivity contribution in [3.8, 4) is 0 Å². The summed E-state index contributed by atoms with van der Waals surface area (Å²) in [5, 5.41) is 0. The van der Waals surface area contributed by atoms with E-state index in [4.69, 9.17) is 0 Å². The first-order valence-corrected chi connectivity index (χ1v) is 9.97. The van der Waals surface area contributed by atoms with Crippen LogP contribution in [0.25, 0.3) is 0 Å². The minimum atomic E-state index is -4.56. The van der Waals surface area contributed by atoms with Crippen molar-refractivity contribution in [2.75, 3.05) is 6.16 Å². The van der Waals surface area contributed by atoms with Crippen LogP contribution in [-0.4, -0.2) is 6.16 Å². The van der Waals surface area contributed by atoms with E-state index in [1.54, 1.807) is 0 Å². The van der Waals surface area contributed by atoms with E-state index in [0.29, 0.717) is 0 Å². The summed E-state index contributed by atoms with van der Waals surface area (Å²) in [5.74, 6) is -23.2. The first-order chi connectivity index (χ1) is 14.4. The summed E-state index contributed by atoms with van der Waals surface area (Å²) in [5.41, 5.74) is -3.01. The van der Waals surface area contributed by atoms with Gasteiger partial charge in [-0.05, 0) is 6.42 Å². The number of hydrogen-bond acceptors (Lipinski definition) is 3. The van der Waals surface area contributed by atoms with Gasteiger partial charge in [0.25, 0.3) is 0 Å². The van der Waals surface area contributed by atoms with Gasteiger partial charge in [-0.15, -0.1) is 0 Å². The monoisotopic (exact) mass is 484 g/mol. The summed E-state index contributed by atoms with van der Waals surface area (Å²) in [6.07, 6.45) is -0.622. The molecule has 0 fully saturated rings. The molecule has 0 aliphatic heterocycles. The number of hydrogen-bond donors (Lipinski definition) is 0. The molecule has 0 aliphatic carbocycles. The van der Waals surface area contributed by atoms with Gasteiger partial charge in [-0.3, -0.25) is 4.57 Å². The predicted octanol–water partition coefficient (Wildman–Crippen LogP) is 6.41. The van der Waals surface area contributed by atoms with Crippen molar-refractivity contribution in [3.63, 3.8) is 0 Å². The summed E-state index contributed by atoms with van der Waals surface area (Å²) in [7, 11) is -4.56. The molecule has 3 nitrogen and oxygen atoms in total. The Hall–Kier alpha value is -2.11. The van der Waals surface area contributed by atoms with Crippen molar-refractivity contribution >= 4 is 7.60 Å². The smallest absolute Gasteiger partial charge is 0.304 e. The molecule has 0 N–H and O–H groups in total. The van der Waals surface area contributed by atoms with E-state index in [1.807, 2.05) is 0 Å². The van der Waals surface area contributed by atoms with E-state index in [-0.39, 0.29) is 6.42 Å². The molecule has 14 heteroatoms. The molecule has 0 bridgehead atoms. The highest BCUT2D eigenvalue weighted by Gasteiger charge is 2.32. The lowest BCUT2D eigenvalue weighted by atomic mass is 10.2. The van der Waals surface area contributed by atoms with E-state index in [9.17, 15) is 48.5 Å². The lowest BCUT2D eigenvalue weighted by Crippen LogP contribution is -2.11. The average Bonchev–Trinajstić information content (AvgIpc) is 2.73.